The van der Waals surface area contributed by atoms with Crippen molar-refractivity contribution < 1.29 is 9.53 Å². The van der Waals surface area contributed by atoms with E-state index < -0.39 is 0 Å². The Bertz CT molecular complexity index is 622. The number of rotatable bonds is 4. The molecule has 2 aromatic rings. The molecule has 1 amide bonds. The summed E-state index contributed by atoms with van der Waals surface area (Å²) in [5.41, 5.74) is 1.70. The fourth-order valence-corrected chi connectivity index (χ4v) is 2.60. The predicted octanol–water partition coefficient (Wildman–Crippen LogP) is 2.60. The third-order valence-corrected chi connectivity index (χ3v) is 3.71. The van der Waals surface area contributed by atoms with Crippen LogP contribution in [0.3, 0.4) is 0 Å². The summed E-state index contributed by atoms with van der Waals surface area (Å²) >= 11 is 0. The van der Waals surface area contributed by atoms with Gasteiger partial charge in [-0.05, 0) is 43.7 Å². The second-order valence-electron chi connectivity index (χ2n) is 5.12. The Labute approximate surface area is 136 Å². The molecule has 5 nitrogen and oxygen atoms in total. The number of ether oxygens (including phenoxy) is 1. The van der Waals surface area contributed by atoms with Crippen molar-refractivity contribution in [2.24, 2.45) is 0 Å². The molecule has 0 saturated carbocycles. The quantitative estimate of drug-likeness (QED) is 0.910. The molecular formula is C16H20ClN3O2. The van der Waals surface area contributed by atoms with E-state index in [9.17, 15) is 4.79 Å². The van der Waals surface area contributed by atoms with Crippen molar-refractivity contribution in [3.05, 3.63) is 42.7 Å². The minimum absolute atomic E-state index is 0. The number of hydrogen-bond donors (Lipinski definition) is 2. The van der Waals surface area contributed by atoms with E-state index in [1.807, 2.05) is 47.3 Å². The fourth-order valence-electron chi connectivity index (χ4n) is 2.60. The van der Waals surface area contributed by atoms with E-state index in [1.165, 1.54) is 0 Å². The highest BCUT2D eigenvalue weighted by Gasteiger charge is 2.22. The van der Waals surface area contributed by atoms with Gasteiger partial charge in [-0.15, -0.1) is 12.4 Å². The van der Waals surface area contributed by atoms with Crippen LogP contribution in [0.1, 0.15) is 12.8 Å². The van der Waals surface area contributed by atoms with Crippen molar-refractivity contribution in [3.63, 3.8) is 0 Å². The lowest BCUT2D eigenvalue weighted by atomic mass is 10.2. The lowest BCUT2D eigenvalue weighted by molar-refractivity contribution is -0.117. The zero-order chi connectivity index (χ0) is 14.7. The molecule has 1 unspecified atom stereocenters. The number of aromatic nitrogens is 1. The second-order valence-corrected chi connectivity index (χ2v) is 5.12. The van der Waals surface area contributed by atoms with Crippen LogP contribution in [0.4, 0.5) is 5.69 Å². The van der Waals surface area contributed by atoms with Crippen LogP contribution >= 0.6 is 12.4 Å². The molecule has 6 heteroatoms. The monoisotopic (exact) mass is 321 g/mol. The number of carbonyl (C=O) groups excluding carboxylic acids is 1. The fraction of sp³-hybridized carbons (Fsp3) is 0.312. The van der Waals surface area contributed by atoms with Gasteiger partial charge in [-0.2, -0.15) is 0 Å². The van der Waals surface area contributed by atoms with Crippen LogP contribution in [0.25, 0.3) is 5.69 Å². The Morgan fingerprint density at radius 1 is 1.36 bits per heavy atom. The van der Waals surface area contributed by atoms with Gasteiger partial charge < -0.3 is 19.9 Å². The van der Waals surface area contributed by atoms with Crippen LogP contribution in [0.15, 0.2) is 42.7 Å². The molecule has 0 radical (unpaired) electrons. The van der Waals surface area contributed by atoms with E-state index in [1.54, 1.807) is 7.11 Å². The summed E-state index contributed by atoms with van der Waals surface area (Å²) in [5, 5.41) is 6.13. The maximum absolute atomic E-state index is 12.1. The number of nitrogens with zero attached hydrogens (tertiary/aromatic N) is 1. The van der Waals surface area contributed by atoms with Gasteiger partial charge in [-0.3, -0.25) is 4.79 Å². The van der Waals surface area contributed by atoms with Gasteiger partial charge in [0, 0.05) is 24.1 Å². The smallest absolute Gasteiger partial charge is 0.241 e. The van der Waals surface area contributed by atoms with E-state index in [0.29, 0.717) is 0 Å². The lowest BCUT2D eigenvalue weighted by Crippen LogP contribution is -2.35. The summed E-state index contributed by atoms with van der Waals surface area (Å²) in [6, 6.07) is 9.52. The molecule has 1 aromatic carbocycles. The van der Waals surface area contributed by atoms with Gasteiger partial charge in [0.15, 0.2) is 0 Å². The van der Waals surface area contributed by atoms with Crippen molar-refractivity contribution in [2.45, 2.75) is 18.9 Å². The highest BCUT2D eigenvalue weighted by molar-refractivity contribution is 5.95. The van der Waals surface area contributed by atoms with E-state index in [0.717, 1.165) is 36.5 Å². The van der Waals surface area contributed by atoms with Crippen LogP contribution < -0.4 is 15.4 Å². The Balaban J connectivity index is 0.00000176. The summed E-state index contributed by atoms with van der Waals surface area (Å²) in [6.07, 6.45) is 5.86. The van der Waals surface area contributed by atoms with Gasteiger partial charge in [0.2, 0.25) is 5.91 Å². The minimum Gasteiger partial charge on any atom is -0.494 e. The molecule has 1 aliphatic rings. The first kappa shape index (κ1) is 16.4. The molecule has 2 N–H and O–H groups in total. The molecule has 1 fully saturated rings. The molecule has 1 atom stereocenters. The van der Waals surface area contributed by atoms with Gasteiger partial charge in [0.05, 0.1) is 18.8 Å². The van der Waals surface area contributed by atoms with Crippen LogP contribution in [-0.4, -0.2) is 30.2 Å². The number of nitrogens with one attached hydrogen (secondary N) is 2. The average molecular weight is 322 g/mol. The third-order valence-electron chi connectivity index (χ3n) is 3.71. The zero-order valence-corrected chi connectivity index (χ0v) is 13.2. The number of carbonyl (C=O) groups is 1. The first-order valence-electron chi connectivity index (χ1n) is 7.13. The zero-order valence-electron chi connectivity index (χ0n) is 12.4. The Hall–Kier alpha value is -1.98. The maximum atomic E-state index is 12.1. The Morgan fingerprint density at radius 3 is 2.77 bits per heavy atom. The Morgan fingerprint density at radius 2 is 2.14 bits per heavy atom. The highest BCUT2D eigenvalue weighted by atomic mass is 35.5. The maximum Gasteiger partial charge on any atom is 0.241 e. The molecule has 1 aromatic heterocycles. The Kier molecular flexibility index (Phi) is 5.46. The molecule has 22 heavy (non-hydrogen) atoms. The van der Waals surface area contributed by atoms with E-state index in [2.05, 4.69) is 10.6 Å². The van der Waals surface area contributed by atoms with Crippen LogP contribution in [0, 0.1) is 0 Å². The van der Waals surface area contributed by atoms with Gasteiger partial charge in [-0.1, -0.05) is 0 Å². The molecule has 1 saturated heterocycles. The van der Waals surface area contributed by atoms with Crippen molar-refractivity contribution in [1.82, 2.24) is 9.88 Å². The van der Waals surface area contributed by atoms with E-state index in [4.69, 9.17) is 4.74 Å². The van der Waals surface area contributed by atoms with Crippen LogP contribution in [0.2, 0.25) is 0 Å². The van der Waals surface area contributed by atoms with E-state index in [-0.39, 0.29) is 24.4 Å². The lowest BCUT2D eigenvalue weighted by Gasteiger charge is -2.14. The van der Waals surface area contributed by atoms with Crippen molar-refractivity contribution in [1.29, 1.82) is 0 Å². The minimum atomic E-state index is -0.0832. The number of methoxy groups -OCH3 is 1. The van der Waals surface area contributed by atoms with Gasteiger partial charge in [-0.25, -0.2) is 0 Å². The second kappa shape index (κ2) is 7.33. The third kappa shape index (κ3) is 3.43. The number of halogens is 1. The molecule has 0 spiro atoms. The molecule has 0 aliphatic carbocycles. The predicted molar refractivity (Wildman–Crippen MR) is 89.2 cm³/mol. The first-order chi connectivity index (χ1) is 10.3. The summed E-state index contributed by atoms with van der Waals surface area (Å²) in [4.78, 5) is 12.1. The highest BCUT2D eigenvalue weighted by Crippen LogP contribution is 2.27. The van der Waals surface area contributed by atoms with Crippen LogP contribution in [0.5, 0.6) is 5.75 Å². The molecule has 118 valence electrons. The number of hydrogen-bond acceptors (Lipinski definition) is 3. The SMILES string of the molecule is COc1cc(NC(=O)C2CCCN2)ccc1-n1cccc1.Cl. The molecular weight excluding hydrogens is 302 g/mol. The summed E-state index contributed by atoms with van der Waals surface area (Å²) < 4.78 is 7.40. The largest absolute Gasteiger partial charge is 0.494 e. The van der Waals surface area contributed by atoms with Gasteiger partial charge >= 0.3 is 0 Å². The normalized spacial score (nSPS) is 16.9. The summed E-state index contributed by atoms with van der Waals surface area (Å²) in [5.74, 6) is 0.742. The van der Waals surface area contributed by atoms with Crippen molar-refractivity contribution >= 4 is 24.0 Å². The van der Waals surface area contributed by atoms with Gasteiger partial charge in [0.1, 0.15) is 5.75 Å². The molecule has 1 aliphatic heterocycles. The number of amides is 1. The topological polar surface area (TPSA) is 55.3 Å². The molecule has 3 rings (SSSR count). The first-order valence-corrected chi connectivity index (χ1v) is 7.13. The molecule has 2 heterocycles. The van der Waals surface area contributed by atoms with Gasteiger partial charge in [0.25, 0.3) is 0 Å². The number of benzene rings is 1. The summed E-state index contributed by atoms with van der Waals surface area (Å²) in [7, 11) is 1.63. The molecule has 0 bridgehead atoms. The summed E-state index contributed by atoms with van der Waals surface area (Å²) in [6.45, 7) is 0.911. The average Bonchev–Trinajstić information content (AvgIpc) is 3.20. The van der Waals surface area contributed by atoms with Crippen molar-refractivity contribution in [2.75, 3.05) is 19.0 Å². The number of anilines is 1. The van der Waals surface area contributed by atoms with Crippen LogP contribution in [-0.2, 0) is 4.79 Å². The standard InChI is InChI=1S/C16H19N3O2.ClH/c1-21-15-11-12(18-16(20)13-5-4-8-17-13)6-7-14(15)19-9-2-3-10-19;/h2-3,6-7,9-11,13,17H,4-5,8H2,1H3,(H,18,20);1H. The van der Waals surface area contributed by atoms with E-state index >= 15 is 0 Å². The van der Waals surface area contributed by atoms with Crippen molar-refractivity contribution in [3.8, 4) is 11.4 Å².